The molecule has 0 atom stereocenters. The summed E-state index contributed by atoms with van der Waals surface area (Å²) in [4.78, 5) is 4.89. The number of fused-ring (bicyclic) bond motifs is 1. The van der Waals surface area contributed by atoms with E-state index in [-0.39, 0.29) is 4.90 Å². The minimum Gasteiger partial charge on any atom is -0.306 e. The molecule has 0 aliphatic rings. The highest BCUT2D eigenvalue weighted by Crippen LogP contribution is 2.25. The number of aryl methyl sites for hydroxylation is 3. The van der Waals surface area contributed by atoms with Crippen LogP contribution < -0.4 is 4.72 Å². The van der Waals surface area contributed by atoms with Crippen molar-refractivity contribution in [2.45, 2.75) is 25.7 Å². The number of hydrogen-bond acceptors (Lipinski definition) is 4. The van der Waals surface area contributed by atoms with Crippen molar-refractivity contribution in [2.75, 3.05) is 4.72 Å². The molecule has 8 heteroatoms. The summed E-state index contributed by atoms with van der Waals surface area (Å²) >= 11 is 0. The van der Waals surface area contributed by atoms with Gasteiger partial charge in [0.15, 0.2) is 0 Å². The molecular formula is C20H21N5O2S. The Kier molecular flexibility index (Phi) is 4.23. The Morgan fingerprint density at radius 3 is 2.36 bits per heavy atom. The predicted octanol–water partition coefficient (Wildman–Crippen LogP) is 3.46. The van der Waals surface area contributed by atoms with Crippen LogP contribution in [0.5, 0.6) is 0 Å². The first-order chi connectivity index (χ1) is 13.3. The van der Waals surface area contributed by atoms with E-state index in [9.17, 15) is 8.42 Å². The van der Waals surface area contributed by atoms with Crippen LogP contribution in [-0.2, 0) is 17.1 Å². The van der Waals surface area contributed by atoms with Crippen molar-refractivity contribution in [3.8, 4) is 11.3 Å². The number of hydrogen-bond donors (Lipinski definition) is 1. The quantitative estimate of drug-likeness (QED) is 0.574. The lowest BCUT2D eigenvalue weighted by molar-refractivity contribution is 0.599. The van der Waals surface area contributed by atoms with Gasteiger partial charge in [-0.25, -0.2) is 13.4 Å². The summed E-state index contributed by atoms with van der Waals surface area (Å²) in [6.45, 7) is 5.45. The number of nitrogens with one attached hydrogen (secondary N) is 1. The molecule has 1 aromatic carbocycles. The number of imidazole rings is 1. The molecule has 0 spiro atoms. The molecule has 4 rings (SSSR count). The maximum Gasteiger partial charge on any atom is 0.265 e. The van der Waals surface area contributed by atoms with E-state index in [1.54, 1.807) is 37.7 Å². The van der Waals surface area contributed by atoms with Crippen molar-refractivity contribution in [1.29, 1.82) is 0 Å². The fraction of sp³-hybridized carbons (Fsp3) is 0.200. The molecule has 0 unspecified atom stereocenters. The highest BCUT2D eigenvalue weighted by molar-refractivity contribution is 7.92. The first-order valence-corrected chi connectivity index (χ1v) is 10.3. The predicted molar refractivity (Wildman–Crippen MR) is 109 cm³/mol. The first-order valence-electron chi connectivity index (χ1n) is 8.84. The highest BCUT2D eigenvalue weighted by atomic mass is 32.2. The topological polar surface area (TPSA) is 81.3 Å². The molecule has 7 nitrogen and oxygen atoms in total. The first kappa shape index (κ1) is 18.2. The van der Waals surface area contributed by atoms with Crippen LogP contribution in [-0.4, -0.2) is 27.6 Å². The normalized spacial score (nSPS) is 11.9. The average Bonchev–Trinajstić information content (AvgIpc) is 3.17. The second kappa shape index (κ2) is 6.49. The number of pyridine rings is 1. The molecule has 28 heavy (non-hydrogen) atoms. The van der Waals surface area contributed by atoms with Gasteiger partial charge in [0.25, 0.3) is 10.0 Å². The summed E-state index contributed by atoms with van der Waals surface area (Å²) in [6.07, 6.45) is 3.92. The number of benzene rings is 1. The van der Waals surface area contributed by atoms with Gasteiger partial charge in [-0.1, -0.05) is 18.2 Å². The molecule has 0 fully saturated rings. The van der Waals surface area contributed by atoms with Gasteiger partial charge in [-0.3, -0.25) is 9.40 Å². The van der Waals surface area contributed by atoms with Gasteiger partial charge in [0.2, 0.25) is 0 Å². The Balaban J connectivity index is 1.63. The van der Waals surface area contributed by atoms with Gasteiger partial charge in [0, 0.05) is 30.7 Å². The maximum atomic E-state index is 12.8. The second-order valence-electron chi connectivity index (χ2n) is 6.85. The lowest BCUT2D eigenvalue weighted by Gasteiger charge is -2.09. The number of aromatic nitrogens is 4. The van der Waals surface area contributed by atoms with Crippen molar-refractivity contribution in [3.05, 3.63) is 65.7 Å². The smallest absolute Gasteiger partial charge is 0.265 e. The Labute approximate surface area is 163 Å². The van der Waals surface area contributed by atoms with Crippen LogP contribution in [0.1, 0.15) is 17.0 Å². The van der Waals surface area contributed by atoms with E-state index >= 15 is 0 Å². The summed E-state index contributed by atoms with van der Waals surface area (Å²) < 4.78 is 31.8. The molecule has 0 aliphatic carbocycles. The second-order valence-corrected chi connectivity index (χ2v) is 8.47. The van der Waals surface area contributed by atoms with Gasteiger partial charge in [0.05, 0.1) is 17.1 Å². The van der Waals surface area contributed by atoms with Crippen LogP contribution in [0.25, 0.3) is 16.9 Å². The molecule has 144 valence electrons. The average molecular weight is 395 g/mol. The Bertz CT molecular complexity index is 1280. The summed E-state index contributed by atoms with van der Waals surface area (Å²) in [7, 11) is -1.98. The Hall–Kier alpha value is -3.13. The molecule has 0 saturated heterocycles. The van der Waals surface area contributed by atoms with Crippen LogP contribution in [0.2, 0.25) is 0 Å². The molecule has 0 amide bonds. The third-order valence-corrected chi connectivity index (χ3v) is 6.45. The van der Waals surface area contributed by atoms with E-state index in [2.05, 4.69) is 14.8 Å². The molecule has 1 N–H and O–H groups in total. The lowest BCUT2D eigenvalue weighted by Crippen LogP contribution is -2.14. The fourth-order valence-corrected chi connectivity index (χ4v) is 4.85. The zero-order chi connectivity index (χ0) is 20.1. The molecule has 0 bridgehead atoms. The minimum absolute atomic E-state index is 0.218. The number of anilines is 1. The Morgan fingerprint density at radius 2 is 1.75 bits per heavy atom. The van der Waals surface area contributed by atoms with E-state index in [1.165, 1.54) is 0 Å². The summed E-state index contributed by atoms with van der Waals surface area (Å²) in [5, 5.41) is 4.19. The van der Waals surface area contributed by atoms with Crippen LogP contribution in [0.3, 0.4) is 0 Å². The largest absolute Gasteiger partial charge is 0.306 e. The van der Waals surface area contributed by atoms with Gasteiger partial charge in [0.1, 0.15) is 10.5 Å². The zero-order valence-electron chi connectivity index (χ0n) is 16.1. The number of sulfonamides is 1. The molecular weight excluding hydrogens is 374 g/mol. The maximum absolute atomic E-state index is 12.8. The van der Waals surface area contributed by atoms with Crippen LogP contribution in [0.15, 0.2) is 53.7 Å². The van der Waals surface area contributed by atoms with E-state index in [0.717, 1.165) is 22.5 Å². The molecule has 0 saturated carbocycles. The van der Waals surface area contributed by atoms with Gasteiger partial charge in [-0.2, -0.15) is 5.10 Å². The van der Waals surface area contributed by atoms with Crippen molar-refractivity contribution < 1.29 is 8.42 Å². The molecule has 3 heterocycles. The molecule has 0 radical (unpaired) electrons. The third-order valence-electron chi connectivity index (χ3n) is 4.82. The van der Waals surface area contributed by atoms with Gasteiger partial charge in [-0.15, -0.1) is 0 Å². The van der Waals surface area contributed by atoms with Crippen LogP contribution in [0.4, 0.5) is 5.69 Å². The number of rotatable bonds is 4. The standard InChI is InChI=1S/C20H21N5O2S/c1-13-6-5-11-25-12-18(21-20(13)25)16-7-9-17(10-8-16)23-28(26,27)19-14(2)22-24(4)15(19)3/h5-12,23H,1-4H3. The van der Waals surface area contributed by atoms with Gasteiger partial charge >= 0.3 is 0 Å². The van der Waals surface area contributed by atoms with Gasteiger partial charge in [-0.05, 0) is 44.5 Å². The minimum atomic E-state index is -3.71. The van der Waals surface area contributed by atoms with E-state index in [1.807, 2.05) is 48.0 Å². The van der Waals surface area contributed by atoms with E-state index in [4.69, 9.17) is 0 Å². The monoisotopic (exact) mass is 395 g/mol. The fourth-order valence-electron chi connectivity index (χ4n) is 3.35. The van der Waals surface area contributed by atoms with Crippen molar-refractivity contribution in [2.24, 2.45) is 7.05 Å². The van der Waals surface area contributed by atoms with E-state index < -0.39 is 10.0 Å². The highest BCUT2D eigenvalue weighted by Gasteiger charge is 2.23. The summed E-state index contributed by atoms with van der Waals surface area (Å²) in [5.41, 5.74) is 5.32. The zero-order valence-corrected chi connectivity index (χ0v) is 16.9. The molecule has 3 aromatic heterocycles. The number of nitrogens with zero attached hydrogens (tertiary/aromatic N) is 4. The van der Waals surface area contributed by atoms with Crippen LogP contribution in [0, 0.1) is 20.8 Å². The SMILES string of the molecule is Cc1nn(C)c(C)c1S(=O)(=O)Nc1ccc(-c2cn3cccc(C)c3n2)cc1. The van der Waals surface area contributed by atoms with E-state index in [0.29, 0.717) is 17.1 Å². The lowest BCUT2D eigenvalue weighted by atomic mass is 10.1. The van der Waals surface area contributed by atoms with Crippen molar-refractivity contribution >= 4 is 21.4 Å². The van der Waals surface area contributed by atoms with Crippen LogP contribution >= 0.6 is 0 Å². The molecule has 4 aromatic rings. The summed E-state index contributed by atoms with van der Waals surface area (Å²) in [6, 6.07) is 11.2. The Morgan fingerprint density at radius 1 is 1.04 bits per heavy atom. The van der Waals surface area contributed by atoms with Gasteiger partial charge < -0.3 is 4.40 Å². The van der Waals surface area contributed by atoms with Crippen molar-refractivity contribution in [3.63, 3.8) is 0 Å². The van der Waals surface area contributed by atoms with Crippen molar-refractivity contribution in [1.82, 2.24) is 19.2 Å². The summed E-state index contributed by atoms with van der Waals surface area (Å²) in [5.74, 6) is 0. The third kappa shape index (κ3) is 3.05. The molecule has 0 aliphatic heterocycles.